The zero-order valence-electron chi connectivity index (χ0n) is 9.66. The van der Waals surface area contributed by atoms with Crippen molar-refractivity contribution in [3.63, 3.8) is 0 Å². The topological polar surface area (TPSA) is 63.8 Å². The molecule has 0 aliphatic heterocycles. The Bertz CT molecular complexity index is 554. The number of hydrogen-bond donors (Lipinski definition) is 2. The van der Waals surface area contributed by atoms with E-state index in [2.05, 4.69) is 15.3 Å². The lowest BCUT2D eigenvalue weighted by atomic mass is 10.1. The second-order valence-electron chi connectivity index (χ2n) is 3.68. The van der Waals surface area contributed by atoms with E-state index in [-0.39, 0.29) is 5.95 Å². The smallest absolute Gasteiger partial charge is 0.222 e. The van der Waals surface area contributed by atoms with Crippen LogP contribution in [0.5, 0.6) is 0 Å². The molecule has 4 nitrogen and oxygen atoms in total. The van der Waals surface area contributed by atoms with Crippen LogP contribution in [0.15, 0.2) is 24.3 Å². The van der Waals surface area contributed by atoms with E-state index in [0.29, 0.717) is 10.8 Å². The lowest BCUT2D eigenvalue weighted by molar-refractivity contribution is 1.18. The molecular formula is C12H13ClN4. The molecule has 0 unspecified atom stereocenters. The Hall–Kier alpha value is -1.81. The highest BCUT2D eigenvalue weighted by atomic mass is 35.5. The summed E-state index contributed by atoms with van der Waals surface area (Å²) in [6, 6.07) is 7.62. The molecule has 0 atom stereocenters. The normalized spacial score (nSPS) is 10.3. The number of nitrogens with two attached hydrogens (primary N) is 1. The number of anilines is 2. The number of rotatable bonds is 2. The fraction of sp³-hybridized carbons (Fsp3) is 0.167. The summed E-state index contributed by atoms with van der Waals surface area (Å²) >= 11 is 6.25. The molecule has 0 bridgehead atoms. The van der Waals surface area contributed by atoms with E-state index in [1.54, 1.807) is 7.05 Å². The number of halogens is 1. The summed E-state index contributed by atoms with van der Waals surface area (Å²) in [5, 5.41) is 3.63. The summed E-state index contributed by atoms with van der Waals surface area (Å²) in [7, 11) is 1.78. The minimum Gasteiger partial charge on any atom is -0.373 e. The van der Waals surface area contributed by atoms with Gasteiger partial charge in [-0.2, -0.15) is 4.98 Å². The molecule has 0 aliphatic carbocycles. The molecule has 0 radical (unpaired) electrons. The van der Waals surface area contributed by atoms with Crippen LogP contribution in [0, 0.1) is 6.92 Å². The van der Waals surface area contributed by atoms with Crippen LogP contribution in [0.1, 0.15) is 5.56 Å². The third-order valence-electron chi connectivity index (χ3n) is 2.47. The molecule has 0 spiro atoms. The minimum atomic E-state index is 0.226. The molecule has 0 aliphatic rings. The Morgan fingerprint density at radius 2 is 2.06 bits per heavy atom. The van der Waals surface area contributed by atoms with E-state index in [9.17, 15) is 0 Å². The van der Waals surface area contributed by atoms with Crippen LogP contribution in [0.4, 0.5) is 11.8 Å². The van der Waals surface area contributed by atoms with E-state index in [1.807, 2.05) is 31.2 Å². The van der Waals surface area contributed by atoms with Gasteiger partial charge in [0.05, 0.1) is 10.7 Å². The van der Waals surface area contributed by atoms with Gasteiger partial charge in [0.15, 0.2) is 0 Å². The fourth-order valence-corrected chi connectivity index (χ4v) is 1.80. The highest BCUT2D eigenvalue weighted by Gasteiger charge is 2.09. The van der Waals surface area contributed by atoms with Gasteiger partial charge in [-0.3, -0.25) is 0 Å². The maximum absolute atomic E-state index is 6.25. The molecule has 2 rings (SSSR count). The molecule has 88 valence electrons. The first-order chi connectivity index (χ1) is 8.11. The fourth-order valence-electron chi connectivity index (χ4n) is 1.58. The zero-order chi connectivity index (χ0) is 12.4. The standard InChI is InChI=1S/C12H13ClN4/c1-7-4-3-5-8(11(7)13)9-6-10(15-2)17-12(14)16-9/h3-6H,1-2H3,(H3,14,15,16,17). The third-order valence-corrected chi connectivity index (χ3v) is 2.97. The Morgan fingerprint density at radius 1 is 1.29 bits per heavy atom. The van der Waals surface area contributed by atoms with Crippen molar-refractivity contribution in [3.8, 4) is 11.3 Å². The van der Waals surface area contributed by atoms with E-state index >= 15 is 0 Å². The van der Waals surface area contributed by atoms with Gasteiger partial charge in [-0.15, -0.1) is 0 Å². The number of hydrogen-bond acceptors (Lipinski definition) is 4. The molecule has 1 aromatic heterocycles. The number of nitrogen functional groups attached to an aromatic ring is 1. The van der Waals surface area contributed by atoms with Crippen LogP contribution < -0.4 is 11.1 Å². The molecule has 2 aromatic rings. The number of nitrogens with one attached hydrogen (secondary N) is 1. The largest absolute Gasteiger partial charge is 0.373 e. The van der Waals surface area contributed by atoms with Crippen molar-refractivity contribution >= 4 is 23.4 Å². The average Bonchev–Trinajstić information content (AvgIpc) is 2.31. The van der Waals surface area contributed by atoms with E-state index in [1.165, 1.54) is 0 Å². The highest BCUT2D eigenvalue weighted by molar-refractivity contribution is 6.34. The summed E-state index contributed by atoms with van der Waals surface area (Å²) < 4.78 is 0. The second kappa shape index (κ2) is 4.59. The first kappa shape index (κ1) is 11.7. The second-order valence-corrected chi connectivity index (χ2v) is 4.06. The summed E-state index contributed by atoms with van der Waals surface area (Å²) in [5.74, 6) is 0.898. The first-order valence-electron chi connectivity index (χ1n) is 5.19. The monoisotopic (exact) mass is 248 g/mol. The van der Waals surface area contributed by atoms with Gasteiger partial charge in [-0.1, -0.05) is 29.8 Å². The summed E-state index contributed by atoms with van der Waals surface area (Å²) in [6.07, 6.45) is 0. The SMILES string of the molecule is CNc1cc(-c2cccc(C)c2Cl)nc(N)n1. The Labute approximate surface area is 105 Å². The summed E-state index contributed by atoms with van der Waals surface area (Å²) in [4.78, 5) is 8.24. The van der Waals surface area contributed by atoms with Gasteiger partial charge >= 0.3 is 0 Å². The minimum absolute atomic E-state index is 0.226. The molecule has 0 saturated carbocycles. The van der Waals surface area contributed by atoms with Gasteiger partial charge in [-0.05, 0) is 12.5 Å². The van der Waals surface area contributed by atoms with Crippen molar-refractivity contribution in [2.45, 2.75) is 6.92 Å². The Kier molecular flexibility index (Phi) is 3.15. The third kappa shape index (κ3) is 2.31. The van der Waals surface area contributed by atoms with Gasteiger partial charge in [-0.25, -0.2) is 4.98 Å². The molecular weight excluding hydrogens is 236 g/mol. The van der Waals surface area contributed by atoms with Gasteiger partial charge in [0.25, 0.3) is 0 Å². The molecule has 17 heavy (non-hydrogen) atoms. The number of aromatic nitrogens is 2. The predicted molar refractivity (Wildman–Crippen MR) is 71.2 cm³/mol. The first-order valence-corrected chi connectivity index (χ1v) is 5.57. The van der Waals surface area contributed by atoms with Crippen molar-refractivity contribution in [3.05, 3.63) is 34.9 Å². The van der Waals surface area contributed by atoms with Gasteiger partial charge in [0, 0.05) is 18.7 Å². The van der Waals surface area contributed by atoms with Gasteiger partial charge < -0.3 is 11.1 Å². The van der Waals surface area contributed by atoms with Gasteiger partial charge in [0.1, 0.15) is 5.82 Å². The molecule has 3 N–H and O–H groups in total. The predicted octanol–water partition coefficient (Wildman–Crippen LogP) is 2.73. The van der Waals surface area contributed by atoms with Crippen LogP contribution in [0.3, 0.4) is 0 Å². The summed E-state index contributed by atoms with van der Waals surface area (Å²) in [6.45, 7) is 1.95. The maximum atomic E-state index is 6.25. The number of aryl methyl sites for hydroxylation is 1. The number of benzene rings is 1. The van der Waals surface area contributed by atoms with E-state index in [4.69, 9.17) is 17.3 Å². The quantitative estimate of drug-likeness (QED) is 0.858. The number of nitrogens with zero attached hydrogens (tertiary/aromatic N) is 2. The lowest BCUT2D eigenvalue weighted by Crippen LogP contribution is -2.01. The van der Waals surface area contributed by atoms with Crippen molar-refractivity contribution in [1.29, 1.82) is 0 Å². The van der Waals surface area contributed by atoms with E-state index in [0.717, 1.165) is 16.8 Å². The van der Waals surface area contributed by atoms with Gasteiger partial charge in [0.2, 0.25) is 5.95 Å². The van der Waals surface area contributed by atoms with Crippen molar-refractivity contribution in [2.24, 2.45) is 0 Å². The molecule has 1 aromatic carbocycles. The van der Waals surface area contributed by atoms with Crippen LogP contribution in [0.25, 0.3) is 11.3 Å². The van der Waals surface area contributed by atoms with Crippen molar-refractivity contribution < 1.29 is 0 Å². The zero-order valence-corrected chi connectivity index (χ0v) is 10.4. The summed E-state index contributed by atoms with van der Waals surface area (Å²) in [5.41, 5.74) is 8.24. The van der Waals surface area contributed by atoms with Crippen LogP contribution in [-0.4, -0.2) is 17.0 Å². The average molecular weight is 249 g/mol. The molecule has 0 saturated heterocycles. The highest BCUT2D eigenvalue weighted by Crippen LogP contribution is 2.30. The van der Waals surface area contributed by atoms with Crippen molar-refractivity contribution in [2.75, 3.05) is 18.1 Å². The molecule has 1 heterocycles. The van der Waals surface area contributed by atoms with Crippen LogP contribution in [0.2, 0.25) is 5.02 Å². The molecule has 0 amide bonds. The molecule has 0 fully saturated rings. The Balaban J connectivity index is 2.60. The Morgan fingerprint density at radius 3 is 2.76 bits per heavy atom. The van der Waals surface area contributed by atoms with Crippen LogP contribution >= 0.6 is 11.6 Å². The molecule has 5 heteroatoms. The van der Waals surface area contributed by atoms with Crippen LogP contribution in [-0.2, 0) is 0 Å². The maximum Gasteiger partial charge on any atom is 0.222 e. The van der Waals surface area contributed by atoms with E-state index < -0.39 is 0 Å². The lowest BCUT2D eigenvalue weighted by Gasteiger charge is -2.08. The van der Waals surface area contributed by atoms with Crippen molar-refractivity contribution in [1.82, 2.24) is 9.97 Å².